The Morgan fingerprint density at radius 3 is 2.80 bits per heavy atom. The lowest BCUT2D eigenvalue weighted by atomic mass is 10.0. The molecular weight excluding hydrogens is 358 g/mol. The molecule has 1 amide bonds. The number of carbonyl (C=O) groups excluding carboxylic acids is 1. The van der Waals surface area contributed by atoms with E-state index in [0.717, 1.165) is 28.1 Å². The van der Waals surface area contributed by atoms with Crippen LogP contribution in [-0.4, -0.2) is 32.3 Å². The number of rotatable bonds is 5. The summed E-state index contributed by atoms with van der Waals surface area (Å²) in [5.41, 5.74) is 8.36. The van der Waals surface area contributed by atoms with Crippen molar-refractivity contribution < 1.29 is 9.90 Å². The number of pyridine rings is 1. The number of nitrogen functional groups attached to an aromatic ring is 1. The van der Waals surface area contributed by atoms with Gasteiger partial charge in [-0.25, -0.2) is 4.98 Å². The van der Waals surface area contributed by atoms with Crippen LogP contribution < -0.4 is 11.1 Å². The third-order valence-corrected chi connectivity index (χ3v) is 5.70. The molecule has 0 bridgehead atoms. The van der Waals surface area contributed by atoms with Gasteiger partial charge in [0.15, 0.2) is 0 Å². The molecule has 0 saturated carbocycles. The van der Waals surface area contributed by atoms with Crippen LogP contribution >= 0.6 is 22.7 Å². The molecule has 0 aromatic carbocycles. The zero-order valence-corrected chi connectivity index (χ0v) is 15.8. The van der Waals surface area contributed by atoms with Crippen LogP contribution in [0.2, 0.25) is 0 Å². The number of carbonyl (C=O) groups is 1. The molecule has 0 saturated heterocycles. The minimum absolute atomic E-state index is 0.319. The molecule has 9 heteroatoms. The molecule has 0 radical (unpaired) electrons. The third-order valence-electron chi connectivity index (χ3n) is 3.62. The molecule has 1 atom stereocenters. The summed E-state index contributed by atoms with van der Waals surface area (Å²) >= 11 is 2.59. The number of hydrogen-bond donors (Lipinski definition) is 3. The molecule has 0 aliphatic carbocycles. The number of nitrogens with two attached hydrogens (primary N) is 1. The van der Waals surface area contributed by atoms with Gasteiger partial charge in [-0.05, 0) is 38.3 Å². The van der Waals surface area contributed by atoms with E-state index in [-0.39, 0.29) is 5.91 Å². The van der Waals surface area contributed by atoms with E-state index in [1.54, 1.807) is 6.92 Å². The number of aryl methyl sites for hydroxylation is 2. The Morgan fingerprint density at radius 1 is 1.40 bits per heavy atom. The maximum Gasteiger partial charge on any atom is 0.269 e. The van der Waals surface area contributed by atoms with Gasteiger partial charge < -0.3 is 10.8 Å². The highest BCUT2D eigenvalue weighted by Gasteiger charge is 2.21. The van der Waals surface area contributed by atoms with Crippen LogP contribution in [0.3, 0.4) is 0 Å². The number of aliphatic hydroxyl groups is 1. The van der Waals surface area contributed by atoms with Gasteiger partial charge in [-0.15, -0.1) is 21.5 Å². The maximum absolute atomic E-state index is 12.6. The first kappa shape index (κ1) is 17.7. The topological polar surface area (TPSA) is 114 Å². The van der Waals surface area contributed by atoms with E-state index >= 15 is 0 Å². The third kappa shape index (κ3) is 3.63. The van der Waals surface area contributed by atoms with E-state index in [0.29, 0.717) is 26.9 Å². The Hall–Kier alpha value is -2.10. The SMILES string of the molecule is CCc1nnc(NC(=O)c2sc3nc(C)cc(CC(C)O)c3c2N)s1. The number of anilines is 2. The van der Waals surface area contributed by atoms with Crippen molar-refractivity contribution in [1.82, 2.24) is 15.2 Å². The van der Waals surface area contributed by atoms with Crippen LogP contribution in [0.25, 0.3) is 10.2 Å². The van der Waals surface area contributed by atoms with Gasteiger partial charge in [0.25, 0.3) is 5.91 Å². The van der Waals surface area contributed by atoms with Crippen molar-refractivity contribution in [2.45, 2.75) is 39.7 Å². The average molecular weight is 377 g/mol. The Labute approximate surface area is 152 Å². The molecule has 3 aromatic rings. The maximum atomic E-state index is 12.6. The Kier molecular flexibility index (Phi) is 4.98. The van der Waals surface area contributed by atoms with E-state index in [2.05, 4.69) is 20.5 Å². The van der Waals surface area contributed by atoms with Crippen LogP contribution in [0.5, 0.6) is 0 Å². The minimum atomic E-state index is -0.504. The van der Waals surface area contributed by atoms with Crippen molar-refractivity contribution in [3.8, 4) is 0 Å². The lowest BCUT2D eigenvalue weighted by Crippen LogP contribution is -2.12. The number of aromatic nitrogens is 3. The molecule has 0 aliphatic rings. The Morgan fingerprint density at radius 2 is 2.16 bits per heavy atom. The zero-order chi connectivity index (χ0) is 18.1. The normalized spacial score (nSPS) is 12.5. The van der Waals surface area contributed by atoms with Crippen LogP contribution in [0.1, 0.15) is 39.8 Å². The summed E-state index contributed by atoms with van der Waals surface area (Å²) in [4.78, 5) is 18.2. The van der Waals surface area contributed by atoms with E-state index in [1.165, 1.54) is 22.7 Å². The van der Waals surface area contributed by atoms with Crippen LogP contribution in [0.15, 0.2) is 6.07 Å². The van der Waals surface area contributed by atoms with Gasteiger partial charge >= 0.3 is 0 Å². The second kappa shape index (κ2) is 7.03. The fraction of sp³-hybridized carbons (Fsp3) is 0.375. The van der Waals surface area contributed by atoms with Crippen molar-refractivity contribution in [3.05, 3.63) is 27.2 Å². The number of fused-ring (bicyclic) bond motifs is 1. The first-order valence-electron chi connectivity index (χ1n) is 7.89. The molecule has 0 fully saturated rings. The fourth-order valence-corrected chi connectivity index (χ4v) is 4.34. The molecule has 3 heterocycles. The highest BCUT2D eigenvalue weighted by molar-refractivity contribution is 7.21. The van der Waals surface area contributed by atoms with Gasteiger partial charge in [0.05, 0.1) is 11.8 Å². The van der Waals surface area contributed by atoms with Crippen LogP contribution in [-0.2, 0) is 12.8 Å². The van der Waals surface area contributed by atoms with Gasteiger partial charge in [-0.3, -0.25) is 10.1 Å². The van der Waals surface area contributed by atoms with E-state index in [9.17, 15) is 9.90 Å². The lowest BCUT2D eigenvalue weighted by molar-refractivity contribution is 0.103. The molecule has 7 nitrogen and oxygen atoms in total. The summed E-state index contributed by atoms with van der Waals surface area (Å²) in [6.07, 6.45) is 0.721. The molecular formula is C16H19N5O2S2. The molecule has 0 aliphatic heterocycles. The van der Waals surface area contributed by atoms with Crippen LogP contribution in [0.4, 0.5) is 10.8 Å². The second-order valence-electron chi connectivity index (χ2n) is 5.81. The predicted molar refractivity (Wildman–Crippen MR) is 101 cm³/mol. The summed E-state index contributed by atoms with van der Waals surface area (Å²) in [5.74, 6) is -0.319. The highest BCUT2D eigenvalue weighted by atomic mass is 32.1. The number of nitrogens with zero attached hydrogens (tertiary/aromatic N) is 3. The van der Waals surface area contributed by atoms with Gasteiger partial charge in [0.1, 0.15) is 14.7 Å². The highest BCUT2D eigenvalue weighted by Crippen LogP contribution is 2.36. The quantitative estimate of drug-likeness (QED) is 0.630. The Balaban J connectivity index is 1.98. The van der Waals surface area contributed by atoms with Gasteiger partial charge in [0.2, 0.25) is 5.13 Å². The predicted octanol–water partition coefficient (Wildman–Crippen LogP) is 2.78. The van der Waals surface area contributed by atoms with Gasteiger partial charge in [-0.1, -0.05) is 18.3 Å². The minimum Gasteiger partial charge on any atom is -0.397 e. The summed E-state index contributed by atoms with van der Waals surface area (Å²) in [5, 5.41) is 22.5. The molecule has 3 aromatic heterocycles. The van der Waals surface area contributed by atoms with E-state index in [1.807, 2.05) is 19.9 Å². The monoisotopic (exact) mass is 377 g/mol. The summed E-state index contributed by atoms with van der Waals surface area (Å²) in [6.45, 7) is 5.58. The number of thiophene rings is 1. The second-order valence-corrected chi connectivity index (χ2v) is 7.87. The standard InChI is InChI=1S/C16H19N5O2S2/c1-4-10-20-21-16(24-10)19-14(23)13-12(17)11-9(6-8(3)22)5-7(2)18-15(11)25-13/h5,8,22H,4,6,17H2,1-3H3,(H,19,21,23). The summed E-state index contributed by atoms with van der Waals surface area (Å²) in [7, 11) is 0. The van der Waals surface area contributed by atoms with Crippen molar-refractivity contribution in [2.75, 3.05) is 11.1 Å². The number of nitrogens with one attached hydrogen (secondary N) is 1. The largest absolute Gasteiger partial charge is 0.397 e. The number of aliphatic hydroxyl groups excluding tert-OH is 1. The number of amides is 1. The molecule has 132 valence electrons. The van der Waals surface area contributed by atoms with E-state index < -0.39 is 6.10 Å². The molecule has 1 unspecified atom stereocenters. The van der Waals surface area contributed by atoms with E-state index in [4.69, 9.17) is 5.73 Å². The zero-order valence-electron chi connectivity index (χ0n) is 14.2. The number of hydrogen-bond acceptors (Lipinski definition) is 8. The van der Waals surface area contributed by atoms with Gasteiger partial charge in [0, 0.05) is 11.1 Å². The smallest absolute Gasteiger partial charge is 0.269 e. The molecule has 3 rings (SSSR count). The molecule has 4 N–H and O–H groups in total. The van der Waals surface area contributed by atoms with Crippen LogP contribution in [0, 0.1) is 6.92 Å². The molecule has 0 spiro atoms. The first-order chi connectivity index (χ1) is 11.9. The van der Waals surface area contributed by atoms with Crippen molar-refractivity contribution in [1.29, 1.82) is 0 Å². The van der Waals surface area contributed by atoms with Crippen molar-refractivity contribution in [2.24, 2.45) is 0 Å². The first-order valence-corrected chi connectivity index (χ1v) is 9.52. The van der Waals surface area contributed by atoms with Crippen molar-refractivity contribution >= 4 is 49.6 Å². The van der Waals surface area contributed by atoms with Crippen molar-refractivity contribution in [3.63, 3.8) is 0 Å². The molecule has 25 heavy (non-hydrogen) atoms. The fourth-order valence-electron chi connectivity index (χ4n) is 2.59. The average Bonchev–Trinajstić information content (AvgIpc) is 3.11. The van der Waals surface area contributed by atoms with Gasteiger partial charge in [-0.2, -0.15) is 0 Å². The summed E-state index contributed by atoms with van der Waals surface area (Å²) < 4.78 is 0. The Bertz CT molecular complexity index is 932. The summed E-state index contributed by atoms with van der Waals surface area (Å²) in [6, 6.07) is 1.90. The lowest BCUT2D eigenvalue weighted by Gasteiger charge is -2.08.